The molecule has 1 amide bonds. The van der Waals surface area contributed by atoms with E-state index in [1.807, 2.05) is 0 Å². The van der Waals surface area contributed by atoms with E-state index in [4.69, 9.17) is 10.8 Å². The first-order valence-corrected chi connectivity index (χ1v) is 6.43. The normalized spacial score (nSPS) is 12.0. The van der Waals surface area contributed by atoms with Crippen LogP contribution in [0.5, 0.6) is 0 Å². The van der Waals surface area contributed by atoms with Crippen LogP contribution in [-0.2, 0) is 21.3 Å². The molecule has 1 rings (SSSR count). The third-order valence-electron chi connectivity index (χ3n) is 2.08. The fourth-order valence-electron chi connectivity index (χ4n) is 1.27. The molecule has 0 aromatic heterocycles. The van der Waals surface area contributed by atoms with Crippen LogP contribution in [0.3, 0.4) is 0 Å². The van der Waals surface area contributed by atoms with E-state index in [9.17, 15) is 13.8 Å². The number of rotatable bonds is 6. The third-order valence-corrected chi connectivity index (χ3v) is 3.40. The molecule has 0 aliphatic heterocycles. The van der Waals surface area contributed by atoms with Gasteiger partial charge in [-0.05, 0) is 17.7 Å². The zero-order chi connectivity index (χ0) is 12.8. The van der Waals surface area contributed by atoms with Gasteiger partial charge in [0.25, 0.3) is 0 Å². The lowest BCUT2D eigenvalue weighted by atomic mass is 10.1. The van der Waals surface area contributed by atoms with E-state index in [0.29, 0.717) is 11.1 Å². The van der Waals surface area contributed by atoms with Gasteiger partial charge in [-0.1, -0.05) is 12.1 Å². The van der Waals surface area contributed by atoms with Crippen molar-refractivity contribution in [2.24, 2.45) is 5.73 Å². The molecule has 0 heterocycles. The van der Waals surface area contributed by atoms with E-state index in [1.54, 1.807) is 24.3 Å². The Morgan fingerprint density at radius 1 is 1.35 bits per heavy atom. The molecule has 1 aromatic carbocycles. The second-order valence-electron chi connectivity index (χ2n) is 3.50. The van der Waals surface area contributed by atoms with Crippen LogP contribution < -0.4 is 5.73 Å². The number of aliphatic carboxylic acids is 1. The molecule has 1 aromatic rings. The van der Waals surface area contributed by atoms with Crippen molar-refractivity contribution in [3.63, 3.8) is 0 Å². The van der Waals surface area contributed by atoms with Crippen LogP contribution in [0, 0.1) is 0 Å². The molecule has 1 atom stereocenters. The Hall–Kier alpha value is -1.69. The fourth-order valence-corrected chi connectivity index (χ4v) is 2.37. The maximum Gasteiger partial charge on any atom is 0.304 e. The second kappa shape index (κ2) is 6.15. The molecule has 92 valence electrons. The average molecular weight is 255 g/mol. The van der Waals surface area contributed by atoms with Crippen LogP contribution in [0.1, 0.15) is 22.3 Å². The Bertz CT molecular complexity index is 459. The van der Waals surface area contributed by atoms with E-state index in [-0.39, 0.29) is 17.9 Å². The van der Waals surface area contributed by atoms with Gasteiger partial charge in [-0.3, -0.25) is 13.8 Å². The molecular formula is C11H13NO4S. The van der Waals surface area contributed by atoms with Crippen molar-refractivity contribution < 1.29 is 18.9 Å². The van der Waals surface area contributed by atoms with Crippen LogP contribution in [0.4, 0.5) is 0 Å². The highest BCUT2D eigenvalue weighted by Gasteiger charge is 2.07. The quantitative estimate of drug-likeness (QED) is 0.773. The molecule has 1 unspecified atom stereocenters. The Morgan fingerprint density at radius 3 is 2.65 bits per heavy atom. The van der Waals surface area contributed by atoms with Gasteiger partial charge in [-0.15, -0.1) is 0 Å². The first kappa shape index (κ1) is 13.4. The van der Waals surface area contributed by atoms with Gasteiger partial charge in [-0.25, -0.2) is 0 Å². The number of carboxylic acid groups (broad SMARTS) is 1. The standard InChI is InChI=1S/C11H13NO4S/c12-11(15)9-3-1-2-8(6-9)7-17(16)5-4-10(13)14/h1-3,6H,4-5,7H2,(H2,12,15)(H,13,14). The smallest absolute Gasteiger partial charge is 0.304 e. The number of hydrogen-bond acceptors (Lipinski definition) is 3. The molecule has 6 heteroatoms. The summed E-state index contributed by atoms with van der Waals surface area (Å²) in [6.07, 6.45) is -0.123. The van der Waals surface area contributed by atoms with Crippen LogP contribution in [0.25, 0.3) is 0 Å². The van der Waals surface area contributed by atoms with Gasteiger partial charge in [0, 0.05) is 27.9 Å². The predicted molar refractivity (Wildman–Crippen MR) is 63.9 cm³/mol. The SMILES string of the molecule is NC(=O)c1cccc(CS(=O)CCC(=O)O)c1. The summed E-state index contributed by atoms with van der Waals surface area (Å²) in [6.45, 7) is 0. The van der Waals surface area contributed by atoms with E-state index < -0.39 is 22.7 Å². The first-order valence-electron chi connectivity index (χ1n) is 4.94. The largest absolute Gasteiger partial charge is 0.481 e. The van der Waals surface area contributed by atoms with Gasteiger partial charge in [0.2, 0.25) is 5.91 Å². The van der Waals surface area contributed by atoms with Crippen molar-refractivity contribution in [3.8, 4) is 0 Å². The highest BCUT2D eigenvalue weighted by atomic mass is 32.2. The zero-order valence-corrected chi connectivity index (χ0v) is 9.90. The maximum absolute atomic E-state index is 11.5. The Labute approximate surface area is 101 Å². The summed E-state index contributed by atoms with van der Waals surface area (Å²) in [5, 5.41) is 8.45. The van der Waals surface area contributed by atoms with Crippen LogP contribution in [-0.4, -0.2) is 26.9 Å². The number of hydrogen-bond donors (Lipinski definition) is 2. The van der Waals surface area contributed by atoms with Gasteiger partial charge >= 0.3 is 5.97 Å². The summed E-state index contributed by atoms with van der Waals surface area (Å²) in [5.41, 5.74) is 6.19. The maximum atomic E-state index is 11.5. The number of benzene rings is 1. The summed E-state index contributed by atoms with van der Waals surface area (Å²) in [5.74, 6) is -1.17. The molecule has 0 aliphatic carbocycles. The van der Waals surface area contributed by atoms with Crippen molar-refractivity contribution in [1.82, 2.24) is 0 Å². The molecule has 17 heavy (non-hydrogen) atoms. The molecule has 0 fully saturated rings. The molecule has 5 nitrogen and oxygen atoms in total. The van der Waals surface area contributed by atoms with Gasteiger partial charge < -0.3 is 10.8 Å². The van der Waals surface area contributed by atoms with Gasteiger partial charge in [0.1, 0.15) is 0 Å². The number of amides is 1. The van der Waals surface area contributed by atoms with Crippen molar-refractivity contribution in [2.45, 2.75) is 12.2 Å². The van der Waals surface area contributed by atoms with Gasteiger partial charge in [-0.2, -0.15) is 0 Å². The van der Waals surface area contributed by atoms with E-state index in [2.05, 4.69) is 0 Å². The number of nitrogens with two attached hydrogens (primary N) is 1. The highest BCUT2D eigenvalue weighted by molar-refractivity contribution is 7.84. The summed E-state index contributed by atoms with van der Waals surface area (Å²) in [4.78, 5) is 21.2. The van der Waals surface area contributed by atoms with Crippen molar-refractivity contribution in [1.29, 1.82) is 0 Å². The van der Waals surface area contributed by atoms with Crippen molar-refractivity contribution in [2.75, 3.05) is 5.75 Å². The van der Waals surface area contributed by atoms with Gasteiger partial charge in [0.05, 0.1) is 6.42 Å². The highest BCUT2D eigenvalue weighted by Crippen LogP contribution is 2.08. The van der Waals surface area contributed by atoms with E-state index in [0.717, 1.165) is 0 Å². The molecule has 0 saturated heterocycles. The van der Waals surface area contributed by atoms with Crippen molar-refractivity contribution >= 4 is 22.7 Å². The van der Waals surface area contributed by atoms with Gasteiger partial charge in [0.15, 0.2) is 0 Å². The van der Waals surface area contributed by atoms with Crippen LogP contribution >= 0.6 is 0 Å². The molecular weight excluding hydrogens is 242 g/mol. The molecule has 3 N–H and O–H groups in total. The Kier molecular flexibility index (Phi) is 4.84. The summed E-state index contributed by atoms with van der Waals surface area (Å²) < 4.78 is 11.5. The number of carbonyl (C=O) groups is 2. The first-order chi connectivity index (χ1) is 7.99. The average Bonchev–Trinajstić information content (AvgIpc) is 2.26. The van der Waals surface area contributed by atoms with E-state index >= 15 is 0 Å². The summed E-state index contributed by atoms with van der Waals surface area (Å²) in [7, 11) is -1.25. The number of primary amides is 1. The minimum atomic E-state index is -1.25. The lowest BCUT2D eigenvalue weighted by Gasteiger charge is -2.02. The zero-order valence-electron chi connectivity index (χ0n) is 9.09. The molecule has 0 spiro atoms. The topological polar surface area (TPSA) is 97.5 Å². The molecule has 0 bridgehead atoms. The summed E-state index contributed by atoms with van der Waals surface area (Å²) in [6, 6.07) is 6.53. The Morgan fingerprint density at radius 2 is 2.06 bits per heavy atom. The van der Waals surface area contributed by atoms with E-state index in [1.165, 1.54) is 0 Å². The minimum Gasteiger partial charge on any atom is -0.481 e. The van der Waals surface area contributed by atoms with Crippen LogP contribution in [0.2, 0.25) is 0 Å². The van der Waals surface area contributed by atoms with Crippen LogP contribution in [0.15, 0.2) is 24.3 Å². The summed E-state index contributed by atoms with van der Waals surface area (Å²) >= 11 is 0. The number of carbonyl (C=O) groups excluding carboxylic acids is 1. The lowest BCUT2D eigenvalue weighted by molar-refractivity contribution is -0.136. The minimum absolute atomic E-state index is 0.107. The molecule has 0 saturated carbocycles. The lowest BCUT2D eigenvalue weighted by Crippen LogP contribution is -2.11. The van der Waals surface area contributed by atoms with Crippen molar-refractivity contribution in [3.05, 3.63) is 35.4 Å². The Balaban J connectivity index is 2.62. The molecule has 0 radical (unpaired) electrons. The number of carboxylic acids is 1. The molecule has 0 aliphatic rings. The second-order valence-corrected chi connectivity index (χ2v) is 5.07. The monoisotopic (exact) mass is 255 g/mol. The third kappa shape index (κ3) is 4.78. The fraction of sp³-hybridized carbons (Fsp3) is 0.273. The predicted octanol–water partition coefficient (Wildman–Crippen LogP) is 0.509.